The van der Waals surface area contributed by atoms with Gasteiger partial charge in [0.1, 0.15) is 11.5 Å². The number of anilines is 1. The number of rotatable bonds is 5. The highest BCUT2D eigenvalue weighted by molar-refractivity contribution is 7.92. The molecule has 0 fully saturated rings. The third-order valence-corrected chi connectivity index (χ3v) is 4.91. The molecule has 0 aromatic heterocycles. The molecule has 0 atom stereocenters. The molecule has 5 nitrogen and oxygen atoms in total. The molecule has 0 aliphatic heterocycles. The molecule has 0 bridgehead atoms. The van der Waals surface area contributed by atoms with Gasteiger partial charge in [-0.15, -0.1) is 0 Å². The second kappa shape index (κ2) is 6.50. The summed E-state index contributed by atoms with van der Waals surface area (Å²) in [6.45, 7) is 5.64. The minimum atomic E-state index is -3.87. The van der Waals surface area contributed by atoms with Gasteiger partial charge < -0.3 is 10.2 Å². The fourth-order valence-electron chi connectivity index (χ4n) is 2.37. The van der Waals surface area contributed by atoms with E-state index in [0.717, 1.165) is 0 Å². The van der Waals surface area contributed by atoms with Crippen LogP contribution in [0.15, 0.2) is 41.3 Å². The Bertz CT molecular complexity index is 813. The van der Waals surface area contributed by atoms with Gasteiger partial charge in [-0.1, -0.05) is 26.0 Å². The lowest BCUT2D eigenvalue weighted by atomic mass is 10.0. The van der Waals surface area contributed by atoms with Gasteiger partial charge in [0.25, 0.3) is 10.0 Å². The number of para-hydroxylation sites is 1. The molecular weight excluding hydrogens is 314 g/mol. The summed E-state index contributed by atoms with van der Waals surface area (Å²) in [4.78, 5) is 0.102. The Labute approximate surface area is 136 Å². The number of phenols is 2. The fourth-order valence-corrected chi connectivity index (χ4v) is 3.67. The van der Waals surface area contributed by atoms with E-state index in [0.29, 0.717) is 17.5 Å². The Morgan fingerprint density at radius 1 is 1.13 bits per heavy atom. The van der Waals surface area contributed by atoms with Gasteiger partial charge in [-0.05, 0) is 54.7 Å². The van der Waals surface area contributed by atoms with E-state index in [2.05, 4.69) is 4.72 Å². The summed E-state index contributed by atoms with van der Waals surface area (Å²) in [6.07, 6.45) is 0.518. The van der Waals surface area contributed by atoms with Crippen LogP contribution in [0, 0.1) is 12.8 Å². The predicted octanol–water partition coefficient (Wildman–Crippen LogP) is 3.41. The van der Waals surface area contributed by atoms with Crippen molar-refractivity contribution in [2.75, 3.05) is 4.72 Å². The first-order valence-corrected chi connectivity index (χ1v) is 8.82. The quantitative estimate of drug-likeness (QED) is 0.731. The van der Waals surface area contributed by atoms with Gasteiger partial charge in [0.2, 0.25) is 0 Å². The average molecular weight is 335 g/mol. The molecule has 124 valence electrons. The summed E-state index contributed by atoms with van der Waals surface area (Å²) in [5, 5.41) is 19.6. The zero-order valence-electron chi connectivity index (χ0n) is 13.4. The van der Waals surface area contributed by atoms with Crippen molar-refractivity contribution in [1.29, 1.82) is 0 Å². The van der Waals surface area contributed by atoms with Crippen LogP contribution in [-0.2, 0) is 16.4 Å². The maximum Gasteiger partial charge on any atom is 0.262 e. The van der Waals surface area contributed by atoms with Crippen molar-refractivity contribution in [3.63, 3.8) is 0 Å². The summed E-state index contributed by atoms with van der Waals surface area (Å²) >= 11 is 0. The molecule has 0 saturated carbocycles. The maximum absolute atomic E-state index is 12.7. The van der Waals surface area contributed by atoms with Crippen LogP contribution in [-0.4, -0.2) is 18.6 Å². The SMILES string of the molecule is Cc1cccc(NS(=O)(=O)c2ccc(O)cc2CC(C)C)c1O. The normalized spacial score (nSPS) is 11.7. The number of sulfonamides is 1. The number of phenolic OH excluding ortho intramolecular Hbond substituents is 2. The van der Waals surface area contributed by atoms with Crippen LogP contribution >= 0.6 is 0 Å². The molecule has 0 aliphatic rings. The van der Waals surface area contributed by atoms with E-state index in [-0.39, 0.29) is 28.0 Å². The van der Waals surface area contributed by atoms with Gasteiger partial charge >= 0.3 is 0 Å². The Hall–Kier alpha value is -2.21. The molecule has 6 heteroatoms. The fraction of sp³-hybridized carbons (Fsp3) is 0.294. The number of aromatic hydroxyl groups is 2. The summed E-state index contributed by atoms with van der Waals surface area (Å²) in [6, 6.07) is 9.04. The molecule has 0 spiro atoms. The molecule has 0 aliphatic carbocycles. The molecule has 3 N–H and O–H groups in total. The minimum absolute atomic E-state index is 0.0259. The minimum Gasteiger partial charge on any atom is -0.508 e. The molecule has 2 aromatic rings. The molecule has 0 amide bonds. The Morgan fingerprint density at radius 2 is 1.83 bits per heavy atom. The van der Waals surface area contributed by atoms with Gasteiger partial charge in [-0.3, -0.25) is 4.72 Å². The van der Waals surface area contributed by atoms with Crippen molar-refractivity contribution in [2.45, 2.75) is 32.1 Å². The molecule has 2 aromatic carbocycles. The summed E-state index contributed by atoms with van der Waals surface area (Å²) < 4.78 is 27.8. The van der Waals surface area contributed by atoms with Crippen LogP contribution in [0.2, 0.25) is 0 Å². The van der Waals surface area contributed by atoms with Crippen LogP contribution in [0.4, 0.5) is 5.69 Å². The first-order chi connectivity index (χ1) is 10.7. The van der Waals surface area contributed by atoms with Gasteiger partial charge in [0.05, 0.1) is 10.6 Å². The molecule has 0 radical (unpaired) electrons. The van der Waals surface area contributed by atoms with Crippen molar-refractivity contribution in [2.24, 2.45) is 5.92 Å². The summed E-state index contributed by atoms with van der Waals surface area (Å²) in [5.41, 5.74) is 1.26. The molecule has 0 saturated heterocycles. The highest BCUT2D eigenvalue weighted by atomic mass is 32.2. The monoisotopic (exact) mass is 335 g/mol. The largest absolute Gasteiger partial charge is 0.508 e. The van der Waals surface area contributed by atoms with Crippen molar-refractivity contribution < 1.29 is 18.6 Å². The van der Waals surface area contributed by atoms with E-state index in [4.69, 9.17) is 0 Å². The van der Waals surface area contributed by atoms with Gasteiger partial charge in [-0.25, -0.2) is 8.42 Å². The standard InChI is InChI=1S/C17H21NO4S/c1-11(2)9-13-10-14(19)7-8-16(13)23(21,22)18-15-6-4-5-12(3)17(15)20/h4-8,10-11,18-20H,9H2,1-3H3. The number of hydrogen-bond acceptors (Lipinski definition) is 4. The zero-order chi connectivity index (χ0) is 17.2. The van der Waals surface area contributed by atoms with E-state index in [1.54, 1.807) is 19.1 Å². The highest BCUT2D eigenvalue weighted by Gasteiger charge is 2.21. The van der Waals surface area contributed by atoms with Gasteiger partial charge in [0, 0.05) is 0 Å². The lowest BCUT2D eigenvalue weighted by Crippen LogP contribution is -2.16. The van der Waals surface area contributed by atoms with Gasteiger partial charge in [0.15, 0.2) is 0 Å². The Kier molecular flexibility index (Phi) is 4.85. The Morgan fingerprint density at radius 3 is 2.48 bits per heavy atom. The van der Waals surface area contributed by atoms with E-state index >= 15 is 0 Å². The van der Waals surface area contributed by atoms with Crippen molar-refractivity contribution in [1.82, 2.24) is 0 Å². The predicted molar refractivity (Wildman–Crippen MR) is 90.3 cm³/mol. The molecular formula is C17H21NO4S. The second-order valence-electron chi connectivity index (χ2n) is 5.97. The molecule has 23 heavy (non-hydrogen) atoms. The Balaban J connectivity index is 2.45. The van der Waals surface area contributed by atoms with Crippen molar-refractivity contribution in [3.05, 3.63) is 47.5 Å². The molecule has 0 unspecified atom stereocenters. The summed E-state index contributed by atoms with van der Waals surface area (Å²) in [5.74, 6) is 0.163. The first-order valence-electron chi connectivity index (χ1n) is 7.34. The van der Waals surface area contributed by atoms with Crippen molar-refractivity contribution >= 4 is 15.7 Å². The average Bonchev–Trinajstić information content (AvgIpc) is 2.43. The zero-order valence-corrected chi connectivity index (χ0v) is 14.2. The molecule has 0 heterocycles. The number of benzene rings is 2. The number of nitrogens with one attached hydrogen (secondary N) is 1. The maximum atomic E-state index is 12.7. The van der Waals surface area contributed by atoms with Crippen LogP contribution in [0.1, 0.15) is 25.0 Å². The van der Waals surface area contributed by atoms with E-state index < -0.39 is 10.0 Å². The highest BCUT2D eigenvalue weighted by Crippen LogP contribution is 2.30. The topological polar surface area (TPSA) is 86.6 Å². The van der Waals surface area contributed by atoms with Crippen LogP contribution in [0.25, 0.3) is 0 Å². The molecule has 2 rings (SSSR count). The first kappa shape index (κ1) is 17.1. The number of aryl methyl sites for hydroxylation is 1. The van der Waals surface area contributed by atoms with Gasteiger partial charge in [-0.2, -0.15) is 0 Å². The lowest BCUT2D eigenvalue weighted by Gasteiger charge is -2.15. The summed E-state index contributed by atoms with van der Waals surface area (Å²) in [7, 11) is -3.87. The van der Waals surface area contributed by atoms with E-state index in [1.807, 2.05) is 13.8 Å². The van der Waals surface area contributed by atoms with Crippen LogP contribution < -0.4 is 4.72 Å². The lowest BCUT2D eigenvalue weighted by molar-refractivity contribution is 0.472. The smallest absolute Gasteiger partial charge is 0.262 e. The van der Waals surface area contributed by atoms with Crippen LogP contribution in [0.5, 0.6) is 11.5 Å². The second-order valence-corrected chi connectivity index (χ2v) is 7.62. The van der Waals surface area contributed by atoms with E-state index in [9.17, 15) is 18.6 Å². The van der Waals surface area contributed by atoms with E-state index in [1.165, 1.54) is 24.3 Å². The van der Waals surface area contributed by atoms with Crippen LogP contribution in [0.3, 0.4) is 0 Å². The third kappa shape index (κ3) is 3.96. The van der Waals surface area contributed by atoms with Crippen molar-refractivity contribution in [3.8, 4) is 11.5 Å². The number of hydrogen-bond donors (Lipinski definition) is 3. The third-order valence-electron chi connectivity index (χ3n) is 3.44.